The molecule has 0 aliphatic carbocycles. The van der Waals surface area contributed by atoms with E-state index in [1.54, 1.807) is 14.2 Å². The van der Waals surface area contributed by atoms with Gasteiger partial charge >= 0.3 is 0 Å². The van der Waals surface area contributed by atoms with E-state index in [9.17, 15) is 0 Å². The van der Waals surface area contributed by atoms with Gasteiger partial charge in [-0.2, -0.15) is 0 Å². The minimum atomic E-state index is 0.850. The van der Waals surface area contributed by atoms with Crippen molar-refractivity contribution in [2.75, 3.05) is 14.2 Å². The van der Waals surface area contributed by atoms with Gasteiger partial charge in [0.05, 0.1) is 14.2 Å². The maximum Gasteiger partial charge on any atom is 0.122 e. The first-order valence-corrected chi connectivity index (χ1v) is 9.01. The predicted octanol–water partition coefficient (Wildman–Crippen LogP) is 6.11. The van der Waals surface area contributed by atoms with E-state index in [1.165, 1.54) is 16.7 Å². The van der Waals surface area contributed by atoms with Crippen LogP contribution in [0.5, 0.6) is 11.5 Å². The fourth-order valence-corrected chi connectivity index (χ4v) is 2.63. The molecule has 2 heteroatoms. The Labute approximate surface area is 153 Å². The zero-order chi connectivity index (χ0) is 18.5. The first-order chi connectivity index (χ1) is 12.1. The van der Waals surface area contributed by atoms with Crippen LogP contribution in [-0.2, 0) is 6.42 Å². The van der Waals surface area contributed by atoms with Crippen LogP contribution in [0.4, 0.5) is 0 Å². The van der Waals surface area contributed by atoms with Gasteiger partial charge in [0.15, 0.2) is 0 Å². The topological polar surface area (TPSA) is 18.5 Å². The average Bonchev–Trinajstić information content (AvgIpc) is 2.61. The fourth-order valence-electron chi connectivity index (χ4n) is 2.63. The van der Waals surface area contributed by atoms with Crippen molar-refractivity contribution in [3.63, 3.8) is 0 Å². The van der Waals surface area contributed by atoms with Gasteiger partial charge in [-0.15, -0.1) is 11.8 Å². The van der Waals surface area contributed by atoms with Gasteiger partial charge in [0.2, 0.25) is 0 Å². The van der Waals surface area contributed by atoms with E-state index in [4.69, 9.17) is 9.47 Å². The normalized spacial score (nSPS) is 11.7. The number of hydrogen-bond donors (Lipinski definition) is 0. The third-order valence-electron chi connectivity index (χ3n) is 4.19. The van der Waals surface area contributed by atoms with E-state index >= 15 is 0 Å². The third kappa shape index (κ3) is 9.05. The average molecular weight is 341 g/mol. The molecule has 0 N–H and O–H groups in total. The summed E-state index contributed by atoms with van der Waals surface area (Å²) in [7, 11) is 3.37. The highest BCUT2D eigenvalue weighted by Gasteiger charge is 2.01. The quantitative estimate of drug-likeness (QED) is 0.378. The Hall–Kier alpha value is -2.14. The lowest BCUT2D eigenvalue weighted by atomic mass is 10.0. The summed E-state index contributed by atoms with van der Waals surface area (Å²) in [5.41, 5.74) is 4.14. The number of hydrogen-bond acceptors (Lipinski definition) is 2. The molecule has 0 aromatic heterocycles. The number of ether oxygens (including phenoxy) is 2. The molecule has 0 amide bonds. The molecule has 25 heavy (non-hydrogen) atoms. The van der Waals surface area contributed by atoms with Crippen molar-refractivity contribution >= 4 is 0 Å². The van der Waals surface area contributed by atoms with E-state index in [-0.39, 0.29) is 0 Å². The summed E-state index contributed by atoms with van der Waals surface area (Å²) in [6.45, 7) is 6.32. The Bertz CT molecular complexity index is 620. The van der Waals surface area contributed by atoms with Gasteiger partial charge in [0.1, 0.15) is 11.5 Å². The van der Waals surface area contributed by atoms with E-state index in [0.29, 0.717) is 0 Å². The standard InChI is InChI=1S/C23H32O2/c1-6-7-8-11-19(2)12-9-13-20(3)14-10-15-21-16-22(24-4)18-23(17-21)25-5/h12,14,16-18H,8-11,13,15H2,1-5H3/b19-12?,20-14+. The van der Waals surface area contributed by atoms with Gasteiger partial charge in [0.25, 0.3) is 0 Å². The Morgan fingerprint density at radius 1 is 0.920 bits per heavy atom. The zero-order valence-corrected chi connectivity index (χ0v) is 16.4. The molecule has 0 aliphatic heterocycles. The van der Waals surface area contributed by atoms with Crippen LogP contribution >= 0.6 is 0 Å². The van der Waals surface area contributed by atoms with Crippen LogP contribution in [0.25, 0.3) is 0 Å². The van der Waals surface area contributed by atoms with Crippen molar-refractivity contribution in [1.29, 1.82) is 0 Å². The summed E-state index contributed by atoms with van der Waals surface area (Å²) in [5.74, 6) is 7.77. The molecule has 2 nitrogen and oxygen atoms in total. The first-order valence-electron chi connectivity index (χ1n) is 9.01. The summed E-state index contributed by atoms with van der Waals surface area (Å²) in [6, 6.07) is 6.07. The lowest BCUT2D eigenvalue weighted by Gasteiger charge is -2.08. The van der Waals surface area contributed by atoms with E-state index in [0.717, 1.165) is 50.0 Å². The van der Waals surface area contributed by atoms with Crippen LogP contribution in [0, 0.1) is 11.8 Å². The molecule has 0 atom stereocenters. The van der Waals surface area contributed by atoms with Gasteiger partial charge in [-0.3, -0.25) is 0 Å². The molecular weight excluding hydrogens is 308 g/mol. The number of aryl methyl sites for hydroxylation is 1. The van der Waals surface area contributed by atoms with Crippen molar-refractivity contribution in [2.24, 2.45) is 0 Å². The number of benzene rings is 1. The summed E-state index contributed by atoms with van der Waals surface area (Å²) < 4.78 is 10.7. The number of rotatable bonds is 10. The molecule has 0 unspecified atom stereocenters. The zero-order valence-electron chi connectivity index (χ0n) is 16.4. The third-order valence-corrected chi connectivity index (χ3v) is 4.19. The van der Waals surface area contributed by atoms with Crippen LogP contribution in [-0.4, -0.2) is 14.2 Å². The molecule has 0 heterocycles. The number of allylic oxidation sites excluding steroid dienone is 4. The van der Waals surface area contributed by atoms with Crippen molar-refractivity contribution in [2.45, 2.75) is 59.3 Å². The van der Waals surface area contributed by atoms with E-state index in [1.807, 2.05) is 13.0 Å². The first kappa shape index (κ1) is 20.9. The Kier molecular flexibility index (Phi) is 10.2. The Morgan fingerprint density at radius 2 is 1.52 bits per heavy atom. The van der Waals surface area contributed by atoms with Crippen molar-refractivity contribution in [3.05, 3.63) is 47.1 Å². The highest BCUT2D eigenvalue weighted by atomic mass is 16.5. The molecule has 0 radical (unpaired) electrons. The maximum absolute atomic E-state index is 5.33. The van der Waals surface area contributed by atoms with E-state index < -0.39 is 0 Å². The molecule has 0 fully saturated rings. The van der Waals surface area contributed by atoms with Crippen LogP contribution in [0.15, 0.2) is 41.5 Å². The molecule has 1 aromatic rings. The van der Waals surface area contributed by atoms with Gasteiger partial charge in [-0.25, -0.2) is 0 Å². The molecule has 0 bridgehead atoms. The molecular formula is C23H32O2. The molecule has 136 valence electrons. The summed E-state index contributed by atoms with van der Waals surface area (Å²) >= 11 is 0. The second kappa shape index (κ2) is 12.3. The van der Waals surface area contributed by atoms with Crippen LogP contribution in [0.3, 0.4) is 0 Å². The van der Waals surface area contributed by atoms with Gasteiger partial charge < -0.3 is 9.47 Å². The largest absolute Gasteiger partial charge is 0.497 e. The maximum atomic E-state index is 5.33. The minimum Gasteiger partial charge on any atom is -0.497 e. The second-order valence-electron chi connectivity index (χ2n) is 6.33. The summed E-state index contributed by atoms with van der Waals surface area (Å²) in [4.78, 5) is 0. The lowest BCUT2D eigenvalue weighted by molar-refractivity contribution is 0.393. The van der Waals surface area contributed by atoms with Crippen molar-refractivity contribution in [3.8, 4) is 23.3 Å². The van der Waals surface area contributed by atoms with Crippen LogP contribution < -0.4 is 9.47 Å². The van der Waals surface area contributed by atoms with Gasteiger partial charge in [-0.05, 0) is 70.6 Å². The highest BCUT2D eigenvalue weighted by molar-refractivity contribution is 5.38. The smallest absolute Gasteiger partial charge is 0.122 e. The monoisotopic (exact) mass is 340 g/mol. The van der Waals surface area contributed by atoms with Crippen LogP contribution in [0.2, 0.25) is 0 Å². The van der Waals surface area contributed by atoms with Gasteiger partial charge in [0, 0.05) is 12.5 Å². The summed E-state index contributed by atoms with van der Waals surface area (Å²) in [5, 5.41) is 0. The molecule has 0 spiro atoms. The van der Waals surface area contributed by atoms with Gasteiger partial charge in [-0.1, -0.05) is 23.3 Å². The molecule has 1 rings (SSSR count). The fraction of sp³-hybridized carbons (Fsp3) is 0.478. The minimum absolute atomic E-state index is 0.850. The van der Waals surface area contributed by atoms with Crippen molar-refractivity contribution < 1.29 is 9.47 Å². The predicted molar refractivity (Wildman–Crippen MR) is 107 cm³/mol. The Balaban J connectivity index is 2.42. The second-order valence-corrected chi connectivity index (χ2v) is 6.33. The molecule has 0 saturated carbocycles. The highest BCUT2D eigenvalue weighted by Crippen LogP contribution is 2.23. The molecule has 1 aromatic carbocycles. The molecule has 0 saturated heterocycles. The van der Waals surface area contributed by atoms with Crippen molar-refractivity contribution in [1.82, 2.24) is 0 Å². The summed E-state index contributed by atoms with van der Waals surface area (Å²) in [6.07, 6.45) is 11.0. The molecule has 0 aliphatic rings. The SMILES string of the molecule is CC#CCCC(C)=CCC/C(C)=C/CCc1cc(OC)cc(OC)c1. The number of methoxy groups -OCH3 is 2. The lowest BCUT2D eigenvalue weighted by Crippen LogP contribution is -1.91. The Morgan fingerprint density at radius 3 is 2.12 bits per heavy atom. The van der Waals surface area contributed by atoms with E-state index in [2.05, 4.69) is 50.0 Å². The van der Waals surface area contributed by atoms with Crippen LogP contribution in [0.1, 0.15) is 58.4 Å².